The number of sulfonamides is 1. The van der Waals surface area contributed by atoms with Crippen LogP contribution in [0.4, 0.5) is 0 Å². The molecule has 0 bridgehead atoms. The van der Waals surface area contributed by atoms with Gasteiger partial charge in [-0.05, 0) is 42.7 Å². The fourth-order valence-corrected chi connectivity index (χ4v) is 5.09. The number of carbonyl (C=O) groups is 1. The van der Waals surface area contributed by atoms with Gasteiger partial charge in [0.2, 0.25) is 10.0 Å². The van der Waals surface area contributed by atoms with Crippen LogP contribution in [-0.4, -0.2) is 41.7 Å². The molecule has 7 nitrogen and oxygen atoms in total. The first-order valence-corrected chi connectivity index (χ1v) is 12.0. The highest BCUT2D eigenvalue weighted by Gasteiger charge is 2.26. The Morgan fingerprint density at radius 3 is 2.42 bits per heavy atom. The number of H-pyrrole nitrogens is 1. The molecule has 0 radical (unpaired) electrons. The van der Waals surface area contributed by atoms with Gasteiger partial charge in [-0.2, -0.15) is 4.31 Å². The van der Waals surface area contributed by atoms with Crippen molar-refractivity contribution < 1.29 is 13.2 Å². The lowest BCUT2D eigenvalue weighted by atomic mass is 10.0. The Morgan fingerprint density at radius 2 is 1.81 bits per heavy atom. The van der Waals surface area contributed by atoms with E-state index in [1.54, 1.807) is 32.9 Å². The molecule has 0 spiro atoms. The minimum Gasteiger partial charge on any atom is -0.342 e. The van der Waals surface area contributed by atoms with E-state index in [2.05, 4.69) is 15.3 Å². The van der Waals surface area contributed by atoms with Crippen LogP contribution < -0.4 is 5.32 Å². The zero-order valence-corrected chi connectivity index (χ0v) is 19.5. The normalized spacial score (nSPS) is 13.1. The summed E-state index contributed by atoms with van der Waals surface area (Å²) in [5, 5.41) is 3.05. The van der Waals surface area contributed by atoms with Gasteiger partial charge < -0.3 is 10.3 Å². The second-order valence-electron chi connectivity index (χ2n) is 7.90. The van der Waals surface area contributed by atoms with Gasteiger partial charge in [0.1, 0.15) is 5.82 Å². The van der Waals surface area contributed by atoms with Crippen LogP contribution >= 0.6 is 0 Å². The summed E-state index contributed by atoms with van der Waals surface area (Å²) in [5.74, 6) is 0.426. The topological polar surface area (TPSA) is 95.2 Å². The number of nitrogens with zero attached hydrogens (tertiary/aromatic N) is 2. The van der Waals surface area contributed by atoms with Crippen molar-refractivity contribution in [3.8, 4) is 0 Å². The molecule has 0 aliphatic rings. The van der Waals surface area contributed by atoms with Gasteiger partial charge in [0, 0.05) is 18.7 Å². The van der Waals surface area contributed by atoms with E-state index in [4.69, 9.17) is 0 Å². The van der Waals surface area contributed by atoms with E-state index in [1.165, 1.54) is 10.4 Å². The Kier molecular flexibility index (Phi) is 6.81. The quantitative estimate of drug-likeness (QED) is 0.551. The molecule has 31 heavy (non-hydrogen) atoms. The number of aromatic nitrogens is 2. The summed E-state index contributed by atoms with van der Waals surface area (Å²) in [6, 6.07) is 12.1. The van der Waals surface area contributed by atoms with Gasteiger partial charge in [0.15, 0.2) is 0 Å². The Morgan fingerprint density at radius 1 is 1.13 bits per heavy atom. The van der Waals surface area contributed by atoms with Gasteiger partial charge in [0.05, 0.1) is 22.0 Å². The third-order valence-electron chi connectivity index (χ3n) is 5.45. The van der Waals surface area contributed by atoms with Crippen molar-refractivity contribution in [2.45, 2.75) is 45.6 Å². The minimum atomic E-state index is -3.65. The number of imidazole rings is 1. The molecule has 0 saturated heterocycles. The minimum absolute atomic E-state index is 0.0763. The van der Waals surface area contributed by atoms with Gasteiger partial charge >= 0.3 is 0 Å². The summed E-state index contributed by atoms with van der Waals surface area (Å²) in [4.78, 5) is 21.2. The Bertz CT molecular complexity index is 1150. The maximum atomic E-state index is 13.2. The summed E-state index contributed by atoms with van der Waals surface area (Å²) < 4.78 is 27.2. The number of aromatic amines is 1. The van der Waals surface area contributed by atoms with Gasteiger partial charge in [-0.1, -0.05) is 45.9 Å². The van der Waals surface area contributed by atoms with Crippen molar-refractivity contribution >= 4 is 27.0 Å². The van der Waals surface area contributed by atoms with Crippen molar-refractivity contribution in [3.63, 3.8) is 0 Å². The molecule has 3 aromatic rings. The molecule has 3 rings (SSSR count). The van der Waals surface area contributed by atoms with Gasteiger partial charge in [-0.15, -0.1) is 0 Å². The number of hydrogen-bond donors (Lipinski definition) is 2. The third-order valence-corrected chi connectivity index (χ3v) is 7.50. The molecular weight excluding hydrogens is 412 g/mol. The van der Waals surface area contributed by atoms with Crippen molar-refractivity contribution in [2.75, 3.05) is 13.1 Å². The zero-order valence-electron chi connectivity index (χ0n) is 18.6. The van der Waals surface area contributed by atoms with Crippen LogP contribution in [0.2, 0.25) is 0 Å². The lowest BCUT2D eigenvalue weighted by molar-refractivity contribution is 0.0922. The first kappa shape index (κ1) is 23.0. The van der Waals surface area contributed by atoms with Crippen molar-refractivity contribution in [1.29, 1.82) is 0 Å². The fourth-order valence-electron chi connectivity index (χ4n) is 3.61. The molecule has 2 aromatic carbocycles. The van der Waals surface area contributed by atoms with Crippen molar-refractivity contribution in [1.82, 2.24) is 19.6 Å². The van der Waals surface area contributed by atoms with E-state index in [0.717, 1.165) is 11.0 Å². The smallest absolute Gasteiger partial charge is 0.252 e. The zero-order chi connectivity index (χ0) is 22.8. The number of hydrogen-bond acceptors (Lipinski definition) is 4. The molecule has 166 valence electrons. The van der Waals surface area contributed by atoms with E-state index in [-0.39, 0.29) is 22.8 Å². The molecule has 8 heteroatoms. The lowest BCUT2D eigenvalue weighted by Crippen LogP contribution is -2.33. The van der Waals surface area contributed by atoms with E-state index in [0.29, 0.717) is 30.0 Å². The number of rotatable bonds is 8. The molecule has 0 aliphatic carbocycles. The average Bonchev–Trinajstić information content (AvgIpc) is 3.16. The highest BCUT2D eigenvalue weighted by molar-refractivity contribution is 7.89. The highest BCUT2D eigenvalue weighted by atomic mass is 32.2. The number of carbonyl (C=O) groups excluding carboxylic acids is 1. The molecule has 0 aliphatic heterocycles. The fraction of sp³-hybridized carbons (Fsp3) is 0.391. The third kappa shape index (κ3) is 4.65. The maximum Gasteiger partial charge on any atom is 0.252 e. The van der Waals surface area contributed by atoms with Crippen LogP contribution in [0.3, 0.4) is 0 Å². The summed E-state index contributed by atoms with van der Waals surface area (Å²) >= 11 is 0. The second kappa shape index (κ2) is 9.20. The average molecular weight is 443 g/mol. The Labute approximate surface area is 183 Å². The maximum absolute atomic E-state index is 13.2. The van der Waals surface area contributed by atoms with Crippen LogP contribution in [0.25, 0.3) is 11.0 Å². The molecule has 1 atom stereocenters. The number of amides is 1. The molecule has 1 aromatic heterocycles. The summed E-state index contributed by atoms with van der Waals surface area (Å²) in [7, 11) is -3.65. The monoisotopic (exact) mass is 442 g/mol. The predicted octanol–water partition coefficient (Wildman–Crippen LogP) is 4.03. The van der Waals surface area contributed by atoms with Crippen LogP contribution in [0.15, 0.2) is 47.4 Å². The first-order chi connectivity index (χ1) is 14.7. The van der Waals surface area contributed by atoms with Gasteiger partial charge in [-0.3, -0.25) is 4.79 Å². The largest absolute Gasteiger partial charge is 0.342 e. The second-order valence-corrected chi connectivity index (χ2v) is 9.84. The van der Waals surface area contributed by atoms with E-state index in [1.807, 2.05) is 38.1 Å². The van der Waals surface area contributed by atoms with E-state index < -0.39 is 10.0 Å². The highest BCUT2D eigenvalue weighted by Crippen LogP contribution is 2.24. The summed E-state index contributed by atoms with van der Waals surface area (Å²) in [5.41, 5.74) is 2.79. The Balaban J connectivity index is 1.94. The molecule has 0 fully saturated rings. The van der Waals surface area contributed by atoms with Crippen molar-refractivity contribution in [3.05, 3.63) is 59.4 Å². The Hall–Kier alpha value is -2.71. The van der Waals surface area contributed by atoms with E-state index >= 15 is 0 Å². The molecule has 2 N–H and O–H groups in total. The molecular formula is C23H30N4O3S. The number of para-hydroxylation sites is 2. The number of fused-ring (bicyclic) bond motifs is 1. The first-order valence-electron chi connectivity index (χ1n) is 10.5. The molecule has 0 saturated carbocycles. The van der Waals surface area contributed by atoms with Crippen LogP contribution in [0.1, 0.15) is 55.5 Å². The van der Waals surface area contributed by atoms with Crippen molar-refractivity contribution in [2.24, 2.45) is 5.92 Å². The van der Waals surface area contributed by atoms with Crippen LogP contribution in [0, 0.1) is 12.8 Å². The van der Waals surface area contributed by atoms with E-state index in [9.17, 15) is 13.2 Å². The standard InChI is InChI=1S/C23H30N4O3S/c1-6-27(7-2)31(29,30)17-13-12-16(5)18(14-17)23(28)26-21(15(3)4)22-24-19-10-8-9-11-20(19)25-22/h8-15,21H,6-7H2,1-5H3,(H,24,25)(H,26,28)/t21-/m0/s1. The number of nitrogens with one attached hydrogen (secondary N) is 2. The molecule has 1 heterocycles. The van der Waals surface area contributed by atoms with Crippen LogP contribution in [-0.2, 0) is 10.0 Å². The predicted molar refractivity (Wildman–Crippen MR) is 122 cm³/mol. The SMILES string of the molecule is CCN(CC)S(=O)(=O)c1ccc(C)c(C(=O)N[C@H](c2nc3ccccc3[nH]2)C(C)C)c1. The molecule has 1 amide bonds. The molecule has 0 unspecified atom stereocenters. The number of aryl methyl sites for hydroxylation is 1. The van der Waals surface area contributed by atoms with Crippen LogP contribution in [0.5, 0.6) is 0 Å². The number of benzene rings is 2. The lowest BCUT2D eigenvalue weighted by Gasteiger charge is -2.22. The van der Waals surface area contributed by atoms with Gasteiger partial charge in [0.25, 0.3) is 5.91 Å². The summed E-state index contributed by atoms with van der Waals surface area (Å²) in [6.07, 6.45) is 0. The summed E-state index contributed by atoms with van der Waals surface area (Å²) in [6.45, 7) is 10.1. The van der Waals surface area contributed by atoms with Gasteiger partial charge in [-0.25, -0.2) is 13.4 Å².